The molecule has 0 atom stereocenters. The molecule has 0 fully saturated rings. The molecule has 0 radical (unpaired) electrons. The molecule has 1 heterocycles. The normalized spacial score (nSPS) is 10.3. The second-order valence-corrected chi connectivity index (χ2v) is 2.71. The molecule has 2 heteroatoms. The van der Waals surface area contributed by atoms with Crippen molar-refractivity contribution >= 4 is 5.69 Å². The van der Waals surface area contributed by atoms with Gasteiger partial charge < -0.3 is 5.73 Å². The van der Waals surface area contributed by atoms with E-state index in [1.807, 2.05) is 12.3 Å². The number of rotatable bonds is 1. The minimum atomic E-state index is 0. The van der Waals surface area contributed by atoms with Gasteiger partial charge in [-0.2, -0.15) is 0 Å². The van der Waals surface area contributed by atoms with Gasteiger partial charge in [0.25, 0.3) is 0 Å². The Morgan fingerprint density at radius 1 is 1.50 bits per heavy atom. The molecule has 0 saturated carbocycles. The van der Waals surface area contributed by atoms with Crippen LogP contribution in [-0.2, 0) is 0 Å². The maximum atomic E-state index is 5.53. The number of pyridine rings is 1. The van der Waals surface area contributed by atoms with Crippen LogP contribution in [0.5, 0.6) is 0 Å². The topological polar surface area (TPSA) is 38.9 Å². The second-order valence-electron chi connectivity index (χ2n) is 2.71. The summed E-state index contributed by atoms with van der Waals surface area (Å²) >= 11 is 0. The van der Waals surface area contributed by atoms with E-state index in [0.717, 1.165) is 5.69 Å². The Morgan fingerprint density at radius 3 is 2.60 bits per heavy atom. The summed E-state index contributed by atoms with van der Waals surface area (Å²) in [6.07, 6.45) is 3.51. The first-order valence-corrected chi connectivity index (χ1v) is 3.40. The number of nitrogens with two attached hydrogens (primary N) is 1. The van der Waals surface area contributed by atoms with Gasteiger partial charge in [-0.05, 0) is 17.5 Å². The van der Waals surface area contributed by atoms with Gasteiger partial charge in [0.15, 0.2) is 0 Å². The molecule has 0 aliphatic carbocycles. The van der Waals surface area contributed by atoms with Crippen LogP contribution in [-0.4, -0.2) is 4.98 Å². The molecule has 10 heavy (non-hydrogen) atoms. The van der Waals surface area contributed by atoms with Crippen molar-refractivity contribution in [3.05, 3.63) is 24.0 Å². The number of hydrogen-bond donors (Lipinski definition) is 1. The monoisotopic (exact) mass is 138 g/mol. The quantitative estimate of drug-likeness (QED) is 0.645. The molecule has 0 saturated heterocycles. The van der Waals surface area contributed by atoms with Crippen molar-refractivity contribution in [2.45, 2.75) is 19.8 Å². The Kier molecular flexibility index (Phi) is 1.90. The van der Waals surface area contributed by atoms with Crippen LogP contribution in [0.2, 0.25) is 0 Å². The fraction of sp³-hybridized carbons (Fsp3) is 0.375. The lowest BCUT2D eigenvalue weighted by Gasteiger charge is -2.03. The lowest BCUT2D eigenvalue weighted by atomic mass is 10.1. The van der Waals surface area contributed by atoms with Gasteiger partial charge >= 0.3 is 0 Å². The van der Waals surface area contributed by atoms with Gasteiger partial charge in [0.1, 0.15) is 0 Å². The maximum Gasteiger partial charge on any atom is 0.0503 e. The van der Waals surface area contributed by atoms with Crippen molar-refractivity contribution in [1.29, 1.82) is 0 Å². The molecule has 0 spiro atoms. The molecule has 1 aromatic rings. The van der Waals surface area contributed by atoms with Crippen molar-refractivity contribution in [2.75, 3.05) is 5.73 Å². The highest BCUT2D eigenvalue weighted by molar-refractivity contribution is 5.37. The SMILES string of the molecule is CC(C)c1cncc(N)c1.[HH]. The van der Waals surface area contributed by atoms with E-state index in [1.54, 1.807) is 6.20 Å². The average Bonchev–Trinajstić information content (AvgIpc) is 1.88. The summed E-state index contributed by atoms with van der Waals surface area (Å²) < 4.78 is 0. The van der Waals surface area contributed by atoms with E-state index in [-0.39, 0.29) is 1.43 Å². The largest absolute Gasteiger partial charge is 0.397 e. The predicted octanol–water partition coefficient (Wildman–Crippen LogP) is 2.03. The van der Waals surface area contributed by atoms with Crippen molar-refractivity contribution in [3.8, 4) is 0 Å². The molecule has 1 aromatic heterocycles. The number of hydrogen-bond acceptors (Lipinski definition) is 2. The third-order valence-corrected chi connectivity index (χ3v) is 1.45. The third kappa shape index (κ3) is 1.47. The van der Waals surface area contributed by atoms with Gasteiger partial charge in [-0.1, -0.05) is 13.8 Å². The van der Waals surface area contributed by atoms with Crippen molar-refractivity contribution in [2.24, 2.45) is 0 Å². The van der Waals surface area contributed by atoms with Gasteiger partial charge in [0, 0.05) is 13.8 Å². The standard InChI is InChI=1S/C8H12N2.H2/c1-6(2)7-3-8(9)5-10-4-7;/h3-6H,9H2,1-2H3;1H. The summed E-state index contributed by atoms with van der Waals surface area (Å²) in [5.74, 6) is 0.510. The minimum absolute atomic E-state index is 0. The first kappa shape index (κ1) is 7.06. The molecule has 1 rings (SSSR count). The zero-order chi connectivity index (χ0) is 7.56. The van der Waals surface area contributed by atoms with E-state index in [1.165, 1.54) is 5.56 Å². The molecule has 2 N–H and O–H groups in total. The van der Waals surface area contributed by atoms with Crippen LogP contribution in [0.25, 0.3) is 0 Å². The number of anilines is 1. The van der Waals surface area contributed by atoms with Crippen molar-refractivity contribution in [1.82, 2.24) is 4.98 Å². The smallest absolute Gasteiger partial charge is 0.0503 e. The Labute approximate surface area is 62.6 Å². The summed E-state index contributed by atoms with van der Waals surface area (Å²) in [5, 5.41) is 0. The maximum absolute atomic E-state index is 5.53. The van der Waals surface area contributed by atoms with Crippen molar-refractivity contribution < 1.29 is 1.43 Å². The Morgan fingerprint density at radius 2 is 2.20 bits per heavy atom. The molecule has 0 amide bonds. The van der Waals surface area contributed by atoms with Crippen LogP contribution in [0.15, 0.2) is 18.5 Å². The van der Waals surface area contributed by atoms with E-state index >= 15 is 0 Å². The van der Waals surface area contributed by atoms with Gasteiger partial charge in [0.05, 0.1) is 5.69 Å². The van der Waals surface area contributed by atoms with E-state index < -0.39 is 0 Å². The summed E-state index contributed by atoms with van der Waals surface area (Å²) in [7, 11) is 0. The zero-order valence-electron chi connectivity index (χ0n) is 6.33. The van der Waals surface area contributed by atoms with E-state index in [0.29, 0.717) is 5.92 Å². The lowest BCUT2D eigenvalue weighted by molar-refractivity contribution is 0.859. The van der Waals surface area contributed by atoms with E-state index in [4.69, 9.17) is 5.73 Å². The summed E-state index contributed by atoms with van der Waals surface area (Å²) in [6, 6.07) is 1.96. The molecule has 0 aliphatic heterocycles. The Bertz CT molecular complexity index is 223. The molecule has 56 valence electrons. The number of nitrogens with zero attached hydrogens (tertiary/aromatic N) is 1. The summed E-state index contributed by atoms with van der Waals surface area (Å²) in [4.78, 5) is 3.98. The highest BCUT2D eigenvalue weighted by Crippen LogP contribution is 2.14. The fourth-order valence-electron chi connectivity index (χ4n) is 0.792. The van der Waals surface area contributed by atoms with Crippen LogP contribution in [0, 0.1) is 0 Å². The summed E-state index contributed by atoms with van der Waals surface area (Å²) in [5.41, 5.74) is 7.47. The minimum Gasteiger partial charge on any atom is -0.397 e. The van der Waals surface area contributed by atoms with Gasteiger partial charge in [-0.25, -0.2) is 0 Å². The first-order chi connectivity index (χ1) is 4.70. The molecule has 0 aliphatic rings. The third-order valence-electron chi connectivity index (χ3n) is 1.45. The average molecular weight is 138 g/mol. The van der Waals surface area contributed by atoms with Gasteiger partial charge in [0.2, 0.25) is 0 Å². The Hall–Kier alpha value is -1.05. The van der Waals surface area contributed by atoms with E-state index in [9.17, 15) is 0 Å². The van der Waals surface area contributed by atoms with Crippen LogP contribution in [0.4, 0.5) is 5.69 Å². The molecular weight excluding hydrogens is 124 g/mol. The van der Waals surface area contributed by atoms with Crippen LogP contribution in [0.1, 0.15) is 26.8 Å². The Balaban J connectivity index is 0.000001000. The van der Waals surface area contributed by atoms with E-state index in [2.05, 4.69) is 18.8 Å². The fourth-order valence-corrected chi connectivity index (χ4v) is 0.792. The van der Waals surface area contributed by atoms with Crippen LogP contribution < -0.4 is 5.73 Å². The zero-order valence-corrected chi connectivity index (χ0v) is 6.33. The molecular formula is C8H14N2. The van der Waals surface area contributed by atoms with Crippen LogP contribution in [0.3, 0.4) is 0 Å². The molecule has 2 nitrogen and oxygen atoms in total. The summed E-state index contributed by atoms with van der Waals surface area (Å²) in [6.45, 7) is 4.24. The van der Waals surface area contributed by atoms with Crippen molar-refractivity contribution in [3.63, 3.8) is 0 Å². The number of nitrogen functional groups attached to an aromatic ring is 1. The van der Waals surface area contributed by atoms with Gasteiger partial charge in [-0.3, -0.25) is 4.98 Å². The van der Waals surface area contributed by atoms with Crippen LogP contribution >= 0.6 is 0 Å². The molecule has 0 unspecified atom stereocenters. The second kappa shape index (κ2) is 2.69. The predicted molar refractivity (Wildman–Crippen MR) is 44.9 cm³/mol. The number of aromatic nitrogens is 1. The molecule has 0 aromatic carbocycles. The lowest BCUT2D eigenvalue weighted by Crippen LogP contribution is -1.92. The van der Waals surface area contributed by atoms with Gasteiger partial charge in [-0.15, -0.1) is 0 Å². The first-order valence-electron chi connectivity index (χ1n) is 3.40. The highest BCUT2D eigenvalue weighted by Gasteiger charge is 1.97. The molecule has 0 bridgehead atoms. The highest BCUT2D eigenvalue weighted by atomic mass is 14.7.